The summed E-state index contributed by atoms with van der Waals surface area (Å²) in [7, 11) is 4.05. The molecule has 0 amide bonds. The van der Waals surface area contributed by atoms with Gasteiger partial charge in [-0.2, -0.15) is 0 Å². The van der Waals surface area contributed by atoms with Crippen LogP contribution in [0.5, 0.6) is 0 Å². The summed E-state index contributed by atoms with van der Waals surface area (Å²) in [5.41, 5.74) is 2.22. The van der Waals surface area contributed by atoms with Gasteiger partial charge in [-0.15, -0.1) is 37.2 Å². The Morgan fingerprint density at radius 3 is 2.21 bits per heavy atom. The number of anilines is 1. The van der Waals surface area contributed by atoms with E-state index in [4.69, 9.17) is 4.98 Å². The molecule has 2 heterocycles. The number of sulfonamides is 1. The van der Waals surface area contributed by atoms with Crippen molar-refractivity contribution in [2.75, 3.05) is 59.7 Å². The highest BCUT2D eigenvalue weighted by atomic mass is 35.5. The molecular formula is C21H33Cl3N6O2S. The van der Waals surface area contributed by atoms with Gasteiger partial charge in [0.05, 0.1) is 17.2 Å². The molecule has 3 aromatic rings. The highest BCUT2D eigenvalue weighted by molar-refractivity contribution is 7.89. The minimum absolute atomic E-state index is 0. The van der Waals surface area contributed by atoms with E-state index in [2.05, 4.69) is 19.9 Å². The van der Waals surface area contributed by atoms with Crippen molar-refractivity contribution in [1.82, 2.24) is 24.5 Å². The molecule has 0 saturated carbocycles. The second-order valence-electron chi connectivity index (χ2n) is 7.93. The first-order valence-corrected chi connectivity index (χ1v) is 11.4. The van der Waals surface area contributed by atoms with E-state index in [9.17, 15) is 8.42 Å². The number of likely N-dealkylation sites (N-methyl/N-ethyl adjacent to an activating group) is 2. The van der Waals surface area contributed by atoms with Gasteiger partial charge >= 0.3 is 0 Å². The highest BCUT2D eigenvalue weighted by Gasteiger charge is 2.21. The van der Waals surface area contributed by atoms with Crippen molar-refractivity contribution >= 4 is 74.9 Å². The molecule has 0 radical (unpaired) electrons. The topological polar surface area (TPSA) is 90.5 Å². The smallest absolute Gasteiger partial charge is 0.244 e. The van der Waals surface area contributed by atoms with Crippen LogP contribution in [0.25, 0.3) is 21.8 Å². The molecule has 0 aliphatic carbocycles. The Hall–Kier alpha value is -1.46. The summed E-state index contributed by atoms with van der Waals surface area (Å²) in [6.07, 6.45) is 1.40. The quantitative estimate of drug-likeness (QED) is 0.404. The van der Waals surface area contributed by atoms with E-state index in [1.54, 1.807) is 0 Å². The number of aryl methyl sites for hydroxylation is 1. The van der Waals surface area contributed by atoms with Gasteiger partial charge in [-0.05, 0) is 46.7 Å². The fourth-order valence-corrected chi connectivity index (χ4v) is 4.30. The zero-order valence-corrected chi connectivity index (χ0v) is 22.7. The normalized spacial score (nSPS) is 11.2. The standard InChI is InChI=1S/C21H30N6O2S.3ClH/c1-15-7-6-8-16-13-17-20(25-19(15)16)18(30(28,29)24-10-12-27(4)5)14-23-21(17)22-9-11-26(2)3;;;/h6-8,13-14,24H,9-12H2,1-5H3,(H,22,23);3*1H. The van der Waals surface area contributed by atoms with Crippen LogP contribution in [0, 0.1) is 6.92 Å². The van der Waals surface area contributed by atoms with Crippen molar-refractivity contribution < 1.29 is 8.42 Å². The Morgan fingerprint density at radius 1 is 0.939 bits per heavy atom. The van der Waals surface area contributed by atoms with E-state index in [-0.39, 0.29) is 42.1 Å². The minimum Gasteiger partial charge on any atom is -0.368 e. The van der Waals surface area contributed by atoms with Gasteiger partial charge < -0.3 is 15.1 Å². The molecule has 0 spiro atoms. The lowest BCUT2D eigenvalue weighted by atomic mass is 10.1. The van der Waals surface area contributed by atoms with E-state index in [0.717, 1.165) is 23.0 Å². The van der Waals surface area contributed by atoms with Gasteiger partial charge in [0.2, 0.25) is 10.0 Å². The molecule has 8 nitrogen and oxygen atoms in total. The zero-order chi connectivity index (χ0) is 21.9. The molecule has 1 aromatic carbocycles. The Kier molecular flexibility index (Phi) is 12.8. The Balaban J connectivity index is 0.00000341. The Bertz CT molecular complexity index is 1160. The summed E-state index contributed by atoms with van der Waals surface area (Å²) in [6.45, 7) is 4.40. The van der Waals surface area contributed by atoms with Crippen molar-refractivity contribution in [3.63, 3.8) is 0 Å². The van der Waals surface area contributed by atoms with Crippen molar-refractivity contribution in [2.45, 2.75) is 11.8 Å². The maximum atomic E-state index is 13.0. The number of nitrogens with one attached hydrogen (secondary N) is 2. The molecule has 0 bridgehead atoms. The van der Waals surface area contributed by atoms with E-state index < -0.39 is 10.0 Å². The van der Waals surface area contributed by atoms with Crippen LogP contribution in [0.15, 0.2) is 35.4 Å². The summed E-state index contributed by atoms with van der Waals surface area (Å²) >= 11 is 0. The molecule has 0 saturated heterocycles. The molecule has 33 heavy (non-hydrogen) atoms. The van der Waals surface area contributed by atoms with Crippen LogP contribution in [-0.2, 0) is 10.0 Å². The second-order valence-corrected chi connectivity index (χ2v) is 9.67. The first-order chi connectivity index (χ1) is 14.2. The van der Waals surface area contributed by atoms with Crippen molar-refractivity contribution in [2.24, 2.45) is 0 Å². The van der Waals surface area contributed by atoms with Gasteiger partial charge in [0.1, 0.15) is 10.7 Å². The van der Waals surface area contributed by atoms with Gasteiger partial charge in [-0.3, -0.25) is 0 Å². The highest BCUT2D eigenvalue weighted by Crippen LogP contribution is 2.30. The monoisotopic (exact) mass is 538 g/mol. The van der Waals surface area contributed by atoms with Crippen LogP contribution in [0.4, 0.5) is 5.82 Å². The number of halogens is 3. The fraction of sp³-hybridized carbons (Fsp3) is 0.429. The van der Waals surface area contributed by atoms with Crippen LogP contribution in [-0.4, -0.2) is 82.6 Å². The zero-order valence-electron chi connectivity index (χ0n) is 19.5. The third-order valence-electron chi connectivity index (χ3n) is 4.84. The van der Waals surface area contributed by atoms with E-state index >= 15 is 0 Å². The summed E-state index contributed by atoms with van der Waals surface area (Å²) in [5, 5.41) is 4.97. The number of rotatable bonds is 9. The molecule has 3 rings (SSSR count). The Morgan fingerprint density at radius 2 is 1.58 bits per heavy atom. The first kappa shape index (κ1) is 31.5. The van der Waals surface area contributed by atoms with Crippen LogP contribution in [0.2, 0.25) is 0 Å². The molecular weight excluding hydrogens is 507 g/mol. The molecule has 2 aromatic heterocycles. The number of pyridine rings is 2. The van der Waals surface area contributed by atoms with Gasteiger partial charge in [0.15, 0.2) is 0 Å². The minimum atomic E-state index is -3.75. The average Bonchev–Trinajstić information content (AvgIpc) is 2.66. The summed E-state index contributed by atoms with van der Waals surface area (Å²) < 4.78 is 28.7. The van der Waals surface area contributed by atoms with E-state index in [1.807, 2.05) is 64.3 Å². The second kappa shape index (κ2) is 13.4. The van der Waals surface area contributed by atoms with Crippen molar-refractivity contribution in [3.05, 3.63) is 36.0 Å². The lowest BCUT2D eigenvalue weighted by Crippen LogP contribution is -2.31. The number of hydrogen-bond acceptors (Lipinski definition) is 7. The average molecular weight is 540 g/mol. The maximum Gasteiger partial charge on any atom is 0.244 e. The molecule has 0 aliphatic rings. The third-order valence-corrected chi connectivity index (χ3v) is 6.30. The number of nitrogens with zero attached hydrogens (tertiary/aromatic N) is 4. The lowest BCUT2D eigenvalue weighted by molar-refractivity contribution is 0.412. The molecule has 2 N–H and O–H groups in total. The van der Waals surface area contributed by atoms with Gasteiger partial charge in [-0.1, -0.05) is 18.2 Å². The maximum absolute atomic E-state index is 13.0. The molecule has 12 heteroatoms. The number of hydrogen-bond donors (Lipinski definition) is 2. The summed E-state index contributed by atoms with van der Waals surface area (Å²) in [4.78, 5) is 13.3. The SMILES string of the molecule is Cc1cccc2cc3c(NCCN(C)C)ncc(S(=O)(=O)NCCN(C)C)c3nc12.Cl.Cl.Cl. The van der Waals surface area contributed by atoms with Crippen LogP contribution in [0.3, 0.4) is 0 Å². The molecule has 0 atom stereocenters. The van der Waals surface area contributed by atoms with Crippen LogP contribution in [0.1, 0.15) is 5.56 Å². The Labute approximate surface area is 214 Å². The van der Waals surface area contributed by atoms with E-state index in [0.29, 0.717) is 36.4 Å². The number of aromatic nitrogens is 2. The summed E-state index contributed by atoms with van der Waals surface area (Å²) in [6, 6.07) is 7.90. The molecule has 186 valence electrons. The van der Waals surface area contributed by atoms with Crippen LogP contribution >= 0.6 is 37.2 Å². The van der Waals surface area contributed by atoms with Crippen molar-refractivity contribution in [3.8, 4) is 0 Å². The summed E-state index contributed by atoms with van der Waals surface area (Å²) in [5.74, 6) is 0.634. The predicted molar refractivity (Wildman–Crippen MR) is 144 cm³/mol. The van der Waals surface area contributed by atoms with Crippen molar-refractivity contribution in [1.29, 1.82) is 0 Å². The lowest BCUT2D eigenvalue weighted by Gasteiger charge is -2.16. The number of para-hydroxylation sites is 1. The fourth-order valence-electron chi connectivity index (χ4n) is 3.19. The first-order valence-electron chi connectivity index (χ1n) is 9.91. The molecule has 0 aliphatic heterocycles. The third kappa shape index (κ3) is 7.78. The largest absolute Gasteiger partial charge is 0.368 e. The van der Waals surface area contributed by atoms with Gasteiger partial charge in [-0.25, -0.2) is 23.1 Å². The van der Waals surface area contributed by atoms with E-state index in [1.165, 1.54) is 6.20 Å². The number of fused-ring (bicyclic) bond motifs is 2. The molecule has 0 fully saturated rings. The van der Waals surface area contributed by atoms with Gasteiger partial charge in [0, 0.05) is 37.0 Å². The molecule has 0 unspecified atom stereocenters. The predicted octanol–water partition coefficient (Wildman–Crippen LogP) is 3.17. The van der Waals surface area contributed by atoms with Gasteiger partial charge in [0.25, 0.3) is 0 Å². The number of benzene rings is 1. The van der Waals surface area contributed by atoms with Crippen LogP contribution < -0.4 is 10.0 Å².